The van der Waals surface area contributed by atoms with Crippen molar-refractivity contribution >= 4 is 21.9 Å². The summed E-state index contributed by atoms with van der Waals surface area (Å²) >= 11 is 1.76. The van der Waals surface area contributed by atoms with Crippen molar-refractivity contribution in [3.05, 3.63) is 29.8 Å². The van der Waals surface area contributed by atoms with E-state index in [2.05, 4.69) is 0 Å². The first-order chi connectivity index (χ1) is 7.56. The summed E-state index contributed by atoms with van der Waals surface area (Å²) in [6.45, 7) is 0. The molecule has 1 aliphatic rings. The molecule has 0 N–H and O–H groups in total. The molecule has 16 heavy (non-hydrogen) atoms. The number of hydrogen-bond acceptors (Lipinski definition) is 4. The third kappa shape index (κ3) is 2.99. The zero-order chi connectivity index (χ0) is 11.6. The van der Waals surface area contributed by atoms with Crippen molar-refractivity contribution in [3.63, 3.8) is 0 Å². The third-order valence-electron chi connectivity index (χ3n) is 2.43. The summed E-state index contributed by atoms with van der Waals surface area (Å²) in [5.41, 5.74) is 0.996. The van der Waals surface area contributed by atoms with Gasteiger partial charge in [-0.1, -0.05) is 18.2 Å². The lowest BCUT2D eigenvalue weighted by molar-refractivity contribution is 0.202. The summed E-state index contributed by atoms with van der Waals surface area (Å²) in [4.78, 5) is 1.13. The van der Waals surface area contributed by atoms with Gasteiger partial charge in [-0.05, 0) is 30.2 Å². The van der Waals surface area contributed by atoms with Gasteiger partial charge in [0.15, 0.2) is 0 Å². The zero-order valence-electron chi connectivity index (χ0n) is 9.05. The molecule has 0 amide bonds. The van der Waals surface area contributed by atoms with Crippen LogP contribution in [0.3, 0.4) is 0 Å². The molecule has 2 rings (SSSR count). The van der Waals surface area contributed by atoms with Crippen molar-refractivity contribution in [2.24, 2.45) is 0 Å². The Morgan fingerprint density at radius 2 is 2.12 bits per heavy atom. The Balaban J connectivity index is 2.32. The molecule has 88 valence electrons. The van der Waals surface area contributed by atoms with Crippen molar-refractivity contribution in [1.82, 2.24) is 0 Å². The minimum absolute atomic E-state index is 0.318. The molecule has 0 radical (unpaired) electrons. The van der Waals surface area contributed by atoms with Crippen LogP contribution in [0.5, 0.6) is 0 Å². The first kappa shape index (κ1) is 12.0. The fourth-order valence-electron chi connectivity index (χ4n) is 1.80. The number of rotatable bonds is 2. The van der Waals surface area contributed by atoms with Crippen LogP contribution in [-0.2, 0) is 14.3 Å². The van der Waals surface area contributed by atoms with Crippen molar-refractivity contribution < 1.29 is 12.6 Å². The molecule has 1 unspecified atom stereocenters. The molecular formula is C11H14O3S2. The number of thioether (sulfide) groups is 1. The average Bonchev–Trinajstić information content (AvgIpc) is 2.39. The minimum atomic E-state index is -3.39. The van der Waals surface area contributed by atoms with E-state index in [0.717, 1.165) is 35.3 Å². The summed E-state index contributed by atoms with van der Waals surface area (Å²) in [5.74, 6) is 1.01. The molecule has 0 fully saturated rings. The molecule has 0 saturated carbocycles. The lowest BCUT2D eigenvalue weighted by Crippen LogP contribution is -2.10. The van der Waals surface area contributed by atoms with E-state index < -0.39 is 10.1 Å². The molecular weight excluding hydrogens is 244 g/mol. The first-order valence-electron chi connectivity index (χ1n) is 5.16. The van der Waals surface area contributed by atoms with E-state index in [-0.39, 0.29) is 6.10 Å². The maximum absolute atomic E-state index is 11.2. The van der Waals surface area contributed by atoms with E-state index in [1.807, 2.05) is 24.3 Å². The zero-order valence-corrected chi connectivity index (χ0v) is 10.7. The highest BCUT2D eigenvalue weighted by atomic mass is 32.2. The van der Waals surface area contributed by atoms with Crippen molar-refractivity contribution in [1.29, 1.82) is 0 Å². The van der Waals surface area contributed by atoms with E-state index in [1.54, 1.807) is 11.8 Å². The van der Waals surface area contributed by atoms with Crippen LogP contribution in [0.25, 0.3) is 0 Å². The molecule has 3 nitrogen and oxygen atoms in total. The number of fused-ring (bicyclic) bond motifs is 1. The Labute approximate surface area is 100 Å². The van der Waals surface area contributed by atoms with Gasteiger partial charge in [-0.2, -0.15) is 8.42 Å². The smallest absolute Gasteiger partial charge is 0.262 e. The monoisotopic (exact) mass is 258 g/mol. The Hall–Kier alpha value is -0.520. The summed E-state index contributed by atoms with van der Waals surface area (Å²) in [6, 6.07) is 7.85. The van der Waals surface area contributed by atoms with E-state index >= 15 is 0 Å². The van der Waals surface area contributed by atoms with E-state index in [0.29, 0.717) is 0 Å². The van der Waals surface area contributed by atoms with Crippen LogP contribution < -0.4 is 0 Å². The van der Waals surface area contributed by atoms with Gasteiger partial charge in [0.2, 0.25) is 0 Å². The molecule has 1 atom stereocenters. The van der Waals surface area contributed by atoms with Crippen molar-refractivity contribution in [3.8, 4) is 0 Å². The van der Waals surface area contributed by atoms with Gasteiger partial charge in [-0.25, -0.2) is 0 Å². The normalized spacial score (nSPS) is 21.2. The molecule has 1 aromatic rings. The van der Waals surface area contributed by atoms with Crippen LogP contribution >= 0.6 is 11.8 Å². The molecule has 0 aliphatic carbocycles. The standard InChI is InChI=1S/C11H14O3S2/c1-16(12,13)14-10-6-4-8-15-11-7-3-2-5-9(10)11/h2-3,5,7,10H,4,6,8H2,1H3. The largest absolute Gasteiger partial charge is 0.264 e. The Kier molecular flexibility index (Phi) is 3.56. The molecule has 0 spiro atoms. The predicted molar refractivity (Wildman–Crippen MR) is 65.1 cm³/mol. The summed E-state index contributed by atoms with van der Waals surface area (Å²) in [6.07, 6.45) is 2.52. The maximum atomic E-state index is 11.2. The van der Waals surface area contributed by atoms with Gasteiger partial charge >= 0.3 is 0 Å². The molecule has 5 heteroatoms. The quantitative estimate of drug-likeness (QED) is 0.765. The van der Waals surface area contributed by atoms with Crippen LogP contribution in [-0.4, -0.2) is 20.4 Å². The van der Waals surface area contributed by atoms with Gasteiger partial charge in [0.05, 0.1) is 6.26 Å². The lowest BCUT2D eigenvalue weighted by Gasteiger charge is -2.15. The molecule has 0 aromatic heterocycles. The fourth-order valence-corrected chi connectivity index (χ4v) is 3.49. The van der Waals surface area contributed by atoms with Gasteiger partial charge in [0.25, 0.3) is 10.1 Å². The Morgan fingerprint density at radius 3 is 2.88 bits per heavy atom. The highest BCUT2D eigenvalue weighted by molar-refractivity contribution is 7.99. The molecule has 1 aliphatic heterocycles. The number of hydrogen-bond donors (Lipinski definition) is 0. The highest BCUT2D eigenvalue weighted by Gasteiger charge is 2.22. The van der Waals surface area contributed by atoms with Crippen LogP contribution in [0.15, 0.2) is 29.2 Å². The van der Waals surface area contributed by atoms with Crippen LogP contribution in [0.2, 0.25) is 0 Å². The van der Waals surface area contributed by atoms with Gasteiger partial charge in [-0.15, -0.1) is 11.8 Å². The van der Waals surface area contributed by atoms with E-state index in [4.69, 9.17) is 4.18 Å². The Morgan fingerprint density at radius 1 is 1.38 bits per heavy atom. The SMILES string of the molecule is CS(=O)(=O)OC1CCCSc2ccccc21. The van der Waals surface area contributed by atoms with Crippen molar-refractivity contribution in [2.75, 3.05) is 12.0 Å². The van der Waals surface area contributed by atoms with Gasteiger partial charge in [0.1, 0.15) is 6.10 Å². The second-order valence-corrected chi connectivity index (χ2v) is 6.55. The van der Waals surface area contributed by atoms with Gasteiger partial charge in [0, 0.05) is 4.90 Å². The minimum Gasteiger partial charge on any atom is -0.262 e. The summed E-state index contributed by atoms with van der Waals surface area (Å²) in [7, 11) is -3.39. The topological polar surface area (TPSA) is 43.4 Å². The van der Waals surface area contributed by atoms with E-state index in [9.17, 15) is 8.42 Å². The summed E-state index contributed by atoms with van der Waals surface area (Å²) in [5, 5.41) is 0. The second-order valence-electron chi connectivity index (χ2n) is 3.82. The lowest BCUT2D eigenvalue weighted by atomic mass is 10.1. The Bertz CT molecular complexity index is 468. The third-order valence-corrected chi connectivity index (χ3v) is 4.18. The molecule has 0 saturated heterocycles. The second kappa shape index (κ2) is 4.77. The fraction of sp³-hybridized carbons (Fsp3) is 0.455. The highest BCUT2D eigenvalue weighted by Crippen LogP contribution is 2.37. The molecule has 1 aromatic carbocycles. The van der Waals surface area contributed by atoms with E-state index in [1.165, 1.54) is 0 Å². The summed E-state index contributed by atoms with van der Waals surface area (Å²) < 4.78 is 27.5. The number of benzene rings is 1. The van der Waals surface area contributed by atoms with Gasteiger partial charge < -0.3 is 0 Å². The molecule has 0 bridgehead atoms. The molecule has 1 heterocycles. The first-order valence-corrected chi connectivity index (χ1v) is 7.96. The van der Waals surface area contributed by atoms with Crippen LogP contribution in [0, 0.1) is 0 Å². The predicted octanol–water partition coefficient (Wildman–Crippen LogP) is 2.59. The van der Waals surface area contributed by atoms with Crippen molar-refractivity contribution in [2.45, 2.75) is 23.8 Å². The maximum Gasteiger partial charge on any atom is 0.264 e. The van der Waals surface area contributed by atoms with Gasteiger partial charge in [-0.3, -0.25) is 4.18 Å². The average molecular weight is 258 g/mol. The van der Waals surface area contributed by atoms with Crippen LogP contribution in [0.1, 0.15) is 24.5 Å². The van der Waals surface area contributed by atoms with Crippen LogP contribution in [0.4, 0.5) is 0 Å².